The minimum atomic E-state index is -0.436. The summed E-state index contributed by atoms with van der Waals surface area (Å²) in [6.07, 6.45) is 3.26. The van der Waals surface area contributed by atoms with E-state index in [4.69, 9.17) is 11.5 Å². The van der Waals surface area contributed by atoms with Crippen LogP contribution in [0.1, 0.15) is 40.5 Å². The Hall–Kier alpha value is -2.52. The zero-order chi connectivity index (χ0) is 18.8. The van der Waals surface area contributed by atoms with Crippen molar-refractivity contribution < 1.29 is 4.79 Å². The van der Waals surface area contributed by atoms with Crippen LogP contribution in [0.25, 0.3) is 0 Å². The first-order valence-corrected chi connectivity index (χ1v) is 8.39. The van der Waals surface area contributed by atoms with Gasteiger partial charge in [-0.05, 0) is 64.8 Å². The van der Waals surface area contributed by atoms with Crippen molar-refractivity contribution in [1.82, 2.24) is 4.90 Å². The summed E-state index contributed by atoms with van der Waals surface area (Å²) in [5.41, 5.74) is 12.6. The lowest BCUT2D eigenvalue weighted by Crippen LogP contribution is -2.61. The van der Waals surface area contributed by atoms with E-state index in [-0.39, 0.29) is 22.7 Å². The summed E-state index contributed by atoms with van der Waals surface area (Å²) in [4.78, 5) is 14.6. The summed E-state index contributed by atoms with van der Waals surface area (Å²) in [6, 6.07) is 8.92. The van der Waals surface area contributed by atoms with Crippen molar-refractivity contribution in [3.8, 4) is 6.07 Å². The molecule has 1 heterocycles. The molecule has 1 aromatic rings. The van der Waals surface area contributed by atoms with Gasteiger partial charge >= 0.3 is 0 Å². The number of nitrogen functional groups attached to an aromatic ring is 1. The molecule has 1 amide bonds. The van der Waals surface area contributed by atoms with Gasteiger partial charge in [0.2, 0.25) is 0 Å². The number of hydrogen-bond donors (Lipinski definition) is 3. The molecule has 6 heteroatoms. The summed E-state index contributed by atoms with van der Waals surface area (Å²) in [7, 11) is 0. The summed E-state index contributed by atoms with van der Waals surface area (Å²) in [5.74, 6) is -0.436. The molecule has 6 nitrogen and oxygen atoms in total. The SMILES string of the molecule is CC1(C)CC(N)CC(C)(C)N1/C=C(/C#N)C(=O)Nc1ccc(N)cc1. The zero-order valence-electron chi connectivity index (χ0n) is 15.3. The van der Waals surface area contributed by atoms with Gasteiger partial charge in [-0.2, -0.15) is 5.26 Å². The molecule has 0 aromatic heterocycles. The molecule has 134 valence electrons. The fourth-order valence-electron chi connectivity index (χ4n) is 3.75. The number of likely N-dealkylation sites (tertiary alicyclic amines) is 1. The first kappa shape index (κ1) is 18.8. The number of rotatable bonds is 3. The summed E-state index contributed by atoms with van der Waals surface area (Å²) in [5, 5.41) is 12.2. The zero-order valence-corrected chi connectivity index (χ0v) is 15.3. The predicted octanol–water partition coefficient (Wildman–Crippen LogP) is 2.60. The third-order valence-electron chi connectivity index (χ3n) is 4.62. The van der Waals surface area contributed by atoms with E-state index in [1.165, 1.54) is 0 Å². The van der Waals surface area contributed by atoms with Gasteiger partial charge in [0.05, 0.1) is 0 Å². The van der Waals surface area contributed by atoms with Crippen LogP contribution in [0.15, 0.2) is 36.0 Å². The van der Waals surface area contributed by atoms with Gasteiger partial charge in [-0.25, -0.2) is 0 Å². The van der Waals surface area contributed by atoms with E-state index in [9.17, 15) is 10.1 Å². The monoisotopic (exact) mass is 341 g/mol. The molecule has 0 spiro atoms. The fraction of sp³-hybridized carbons (Fsp3) is 0.474. The number of nitriles is 1. The number of carbonyl (C=O) groups is 1. The van der Waals surface area contributed by atoms with Crippen molar-refractivity contribution in [3.63, 3.8) is 0 Å². The summed E-state index contributed by atoms with van der Waals surface area (Å²) >= 11 is 0. The lowest BCUT2D eigenvalue weighted by Gasteiger charge is -2.54. The number of carbonyl (C=O) groups excluding carboxylic acids is 1. The molecule has 0 unspecified atom stereocenters. The molecule has 1 aliphatic heterocycles. The number of benzene rings is 1. The number of piperidine rings is 1. The fourth-order valence-corrected chi connectivity index (χ4v) is 3.75. The van der Waals surface area contributed by atoms with Gasteiger partial charge in [0.25, 0.3) is 5.91 Å². The average molecular weight is 341 g/mol. The molecule has 1 saturated heterocycles. The maximum absolute atomic E-state index is 12.5. The van der Waals surface area contributed by atoms with E-state index >= 15 is 0 Å². The lowest BCUT2D eigenvalue weighted by molar-refractivity contribution is -0.112. The van der Waals surface area contributed by atoms with Crippen LogP contribution in [-0.4, -0.2) is 27.9 Å². The van der Waals surface area contributed by atoms with E-state index < -0.39 is 5.91 Å². The number of nitrogens with two attached hydrogens (primary N) is 2. The number of amides is 1. The van der Waals surface area contributed by atoms with Crippen LogP contribution < -0.4 is 16.8 Å². The highest BCUT2D eigenvalue weighted by atomic mass is 16.1. The molecule has 0 bridgehead atoms. The topological polar surface area (TPSA) is 108 Å². The van der Waals surface area contributed by atoms with Crippen molar-refractivity contribution in [2.45, 2.75) is 57.7 Å². The smallest absolute Gasteiger partial charge is 0.267 e. The van der Waals surface area contributed by atoms with Crippen molar-refractivity contribution in [2.75, 3.05) is 11.1 Å². The van der Waals surface area contributed by atoms with Gasteiger partial charge in [-0.3, -0.25) is 4.79 Å². The number of anilines is 2. The van der Waals surface area contributed by atoms with E-state index in [0.29, 0.717) is 11.4 Å². The van der Waals surface area contributed by atoms with Gasteiger partial charge < -0.3 is 21.7 Å². The van der Waals surface area contributed by atoms with Gasteiger partial charge in [0.1, 0.15) is 11.6 Å². The van der Waals surface area contributed by atoms with Crippen LogP contribution in [0, 0.1) is 11.3 Å². The Labute approximate surface area is 149 Å². The quantitative estimate of drug-likeness (QED) is 0.445. The van der Waals surface area contributed by atoms with Crippen LogP contribution in [0.3, 0.4) is 0 Å². The maximum atomic E-state index is 12.5. The first-order chi connectivity index (χ1) is 11.5. The number of nitrogens with one attached hydrogen (secondary N) is 1. The van der Waals surface area contributed by atoms with E-state index in [2.05, 4.69) is 37.9 Å². The van der Waals surface area contributed by atoms with E-state index in [1.807, 2.05) is 6.07 Å². The minimum absolute atomic E-state index is 0.0634. The lowest BCUT2D eigenvalue weighted by atomic mass is 9.77. The molecular formula is C19H27N5O. The van der Waals surface area contributed by atoms with Gasteiger partial charge in [-0.15, -0.1) is 0 Å². The molecule has 0 saturated carbocycles. The van der Waals surface area contributed by atoms with Crippen molar-refractivity contribution in [2.24, 2.45) is 5.73 Å². The Kier molecular flexibility index (Phi) is 5.09. The molecule has 5 N–H and O–H groups in total. The largest absolute Gasteiger partial charge is 0.399 e. The Balaban J connectivity index is 2.27. The first-order valence-electron chi connectivity index (χ1n) is 8.39. The molecule has 1 fully saturated rings. The molecule has 2 rings (SSSR count). The van der Waals surface area contributed by atoms with Gasteiger partial charge in [0.15, 0.2) is 0 Å². The molecule has 0 aliphatic carbocycles. The summed E-state index contributed by atoms with van der Waals surface area (Å²) in [6.45, 7) is 8.32. The highest BCUT2D eigenvalue weighted by Gasteiger charge is 2.43. The standard InChI is InChI=1S/C19H27N5O/c1-18(2)9-15(22)10-19(3,4)24(18)12-13(11-20)17(25)23-16-7-5-14(21)6-8-16/h5-8,12,15H,9-10,21-22H2,1-4H3,(H,23,25)/b13-12-. The highest BCUT2D eigenvalue weighted by Crippen LogP contribution is 2.38. The molecule has 25 heavy (non-hydrogen) atoms. The van der Waals surface area contributed by atoms with Crippen LogP contribution in [-0.2, 0) is 4.79 Å². The van der Waals surface area contributed by atoms with Crippen LogP contribution >= 0.6 is 0 Å². The molecule has 0 atom stereocenters. The second-order valence-corrected chi connectivity index (χ2v) is 7.89. The number of nitrogens with zero attached hydrogens (tertiary/aromatic N) is 2. The van der Waals surface area contributed by atoms with Crippen LogP contribution in [0.2, 0.25) is 0 Å². The van der Waals surface area contributed by atoms with Crippen molar-refractivity contribution >= 4 is 17.3 Å². The Bertz CT molecular complexity index is 694. The van der Waals surface area contributed by atoms with Crippen molar-refractivity contribution in [3.05, 3.63) is 36.0 Å². The Morgan fingerprint density at radius 3 is 2.24 bits per heavy atom. The predicted molar refractivity (Wildman–Crippen MR) is 100 cm³/mol. The average Bonchev–Trinajstić information content (AvgIpc) is 2.47. The third kappa shape index (κ3) is 4.31. The third-order valence-corrected chi connectivity index (χ3v) is 4.62. The molecule has 0 radical (unpaired) electrons. The van der Waals surface area contributed by atoms with Crippen LogP contribution in [0.4, 0.5) is 11.4 Å². The van der Waals surface area contributed by atoms with Crippen molar-refractivity contribution in [1.29, 1.82) is 5.26 Å². The van der Waals surface area contributed by atoms with Gasteiger partial charge in [0, 0.05) is 34.7 Å². The minimum Gasteiger partial charge on any atom is -0.399 e. The Morgan fingerprint density at radius 2 is 1.76 bits per heavy atom. The molecule has 1 aliphatic rings. The Morgan fingerprint density at radius 1 is 1.24 bits per heavy atom. The molecule has 1 aromatic carbocycles. The van der Waals surface area contributed by atoms with Gasteiger partial charge in [-0.1, -0.05) is 0 Å². The summed E-state index contributed by atoms with van der Waals surface area (Å²) < 4.78 is 0. The second kappa shape index (κ2) is 6.77. The number of hydrogen-bond acceptors (Lipinski definition) is 5. The van der Waals surface area contributed by atoms with E-state index in [0.717, 1.165) is 12.8 Å². The van der Waals surface area contributed by atoms with Crippen LogP contribution in [0.5, 0.6) is 0 Å². The normalized spacial score (nSPS) is 20.0. The maximum Gasteiger partial charge on any atom is 0.267 e. The van der Waals surface area contributed by atoms with E-state index in [1.54, 1.807) is 30.5 Å². The second-order valence-electron chi connectivity index (χ2n) is 7.89. The highest BCUT2D eigenvalue weighted by molar-refractivity contribution is 6.06. The molecular weight excluding hydrogens is 314 g/mol.